The molecule has 4 aromatic rings. The quantitative estimate of drug-likeness (QED) is 0.382. The van der Waals surface area contributed by atoms with Crippen LogP contribution in [0.15, 0.2) is 78.9 Å². The smallest absolute Gasteiger partial charge is 0.252 e. The van der Waals surface area contributed by atoms with Crippen LogP contribution in [-0.2, 0) is 11.2 Å². The molecule has 0 aliphatic carbocycles. The van der Waals surface area contributed by atoms with Crippen LogP contribution in [0.4, 0.5) is 10.8 Å². The van der Waals surface area contributed by atoms with Gasteiger partial charge in [0.2, 0.25) is 11.0 Å². The van der Waals surface area contributed by atoms with E-state index in [0.29, 0.717) is 22.1 Å². The predicted octanol–water partition coefficient (Wildman–Crippen LogP) is 4.56. The fraction of sp³-hybridized carbons (Fsp3) is 0.185. The van der Waals surface area contributed by atoms with Gasteiger partial charge in [0.25, 0.3) is 5.91 Å². The summed E-state index contributed by atoms with van der Waals surface area (Å²) in [6.07, 6.45) is 0.349. The van der Waals surface area contributed by atoms with Crippen molar-refractivity contribution in [2.24, 2.45) is 0 Å². The molecule has 178 valence electrons. The van der Waals surface area contributed by atoms with Gasteiger partial charge in [-0.2, -0.15) is 0 Å². The van der Waals surface area contributed by atoms with Crippen molar-refractivity contribution in [3.8, 4) is 10.6 Å². The van der Waals surface area contributed by atoms with Gasteiger partial charge in [-0.3, -0.25) is 14.9 Å². The third-order valence-electron chi connectivity index (χ3n) is 5.58. The Balaban J connectivity index is 1.51. The first-order valence-corrected chi connectivity index (χ1v) is 12.0. The minimum atomic E-state index is -0.781. The number of rotatable bonds is 8. The molecule has 0 fully saturated rings. The summed E-state index contributed by atoms with van der Waals surface area (Å²) in [6, 6.07) is 24.1. The van der Waals surface area contributed by atoms with Gasteiger partial charge in [0.05, 0.1) is 0 Å². The Hall–Kier alpha value is -4.04. The van der Waals surface area contributed by atoms with E-state index in [0.717, 1.165) is 22.4 Å². The van der Waals surface area contributed by atoms with Gasteiger partial charge in [-0.1, -0.05) is 59.9 Å². The Labute approximate surface area is 208 Å². The summed E-state index contributed by atoms with van der Waals surface area (Å²) in [4.78, 5) is 28.2. The third-order valence-corrected chi connectivity index (χ3v) is 6.47. The van der Waals surface area contributed by atoms with E-state index in [1.54, 1.807) is 6.07 Å². The first-order valence-electron chi connectivity index (χ1n) is 11.2. The molecule has 1 aromatic heterocycles. The largest absolute Gasteiger partial charge is 0.378 e. The fourth-order valence-electron chi connectivity index (χ4n) is 3.61. The minimum Gasteiger partial charge on any atom is -0.378 e. The van der Waals surface area contributed by atoms with Crippen LogP contribution in [0.5, 0.6) is 0 Å². The fourth-order valence-corrected chi connectivity index (χ4v) is 4.36. The molecule has 2 amide bonds. The molecule has 1 heterocycles. The number of aryl methyl sites for hydroxylation is 1. The van der Waals surface area contributed by atoms with E-state index in [-0.39, 0.29) is 11.8 Å². The molecule has 3 aromatic carbocycles. The average Bonchev–Trinajstić information content (AvgIpc) is 3.33. The van der Waals surface area contributed by atoms with Crippen LogP contribution in [0.1, 0.15) is 21.5 Å². The molecule has 0 aliphatic rings. The number of aromatic nitrogens is 2. The SMILES string of the molecule is Cc1ccccc1C(=O)NC(Cc1ccccc1)C(=O)Nc1nnc(-c2ccc(N(C)C)cc2)s1. The van der Waals surface area contributed by atoms with Gasteiger partial charge in [0, 0.05) is 37.3 Å². The number of hydrogen-bond donors (Lipinski definition) is 2. The first kappa shape index (κ1) is 24.1. The van der Waals surface area contributed by atoms with Crippen LogP contribution in [0.2, 0.25) is 0 Å². The number of carbonyl (C=O) groups is 2. The lowest BCUT2D eigenvalue weighted by molar-refractivity contribution is -0.118. The standard InChI is InChI=1S/C27H27N5O2S/c1-18-9-7-8-12-22(18)24(33)28-23(17-19-10-5-4-6-11-19)25(34)29-27-31-30-26(35-27)20-13-15-21(16-14-20)32(2)3/h4-16,23H,17H2,1-3H3,(H,28,33)(H,29,31,34). The highest BCUT2D eigenvalue weighted by atomic mass is 32.1. The average molecular weight is 486 g/mol. The lowest BCUT2D eigenvalue weighted by Gasteiger charge is -2.18. The zero-order valence-corrected chi connectivity index (χ0v) is 20.7. The molecule has 35 heavy (non-hydrogen) atoms. The highest BCUT2D eigenvalue weighted by Crippen LogP contribution is 2.28. The van der Waals surface area contributed by atoms with Crippen molar-refractivity contribution in [1.29, 1.82) is 0 Å². The molecule has 8 heteroatoms. The Morgan fingerprint density at radius 3 is 2.29 bits per heavy atom. The summed E-state index contributed by atoms with van der Waals surface area (Å²) in [5.41, 5.74) is 4.33. The highest BCUT2D eigenvalue weighted by Gasteiger charge is 2.24. The maximum atomic E-state index is 13.2. The van der Waals surface area contributed by atoms with E-state index in [9.17, 15) is 9.59 Å². The van der Waals surface area contributed by atoms with E-state index in [1.807, 2.05) is 98.7 Å². The summed E-state index contributed by atoms with van der Waals surface area (Å²) in [5.74, 6) is -0.639. The zero-order valence-electron chi connectivity index (χ0n) is 19.9. The summed E-state index contributed by atoms with van der Waals surface area (Å²) in [5, 5.41) is 15.2. The van der Waals surface area contributed by atoms with Crippen LogP contribution in [0.3, 0.4) is 0 Å². The van der Waals surface area contributed by atoms with Gasteiger partial charge in [0.15, 0.2) is 0 Å². The van der Waals surface area contributed by atoms with Crippen molar-refractivity contribution in [1.82, 2.24) is 15.5 Å². The Morgan fingerprint density at radius 1 is 0.914 bits per heavy atom. The minimum absolute atomic E-state index is 0.293. The maximum absolute atomic E-state index is 13.2. The van der Waals surface area contributed by atoms with Crippen LogP contribution in [0, 0.1) is 6.92 Å². The molecular formula is C27H27N5O2S. The molecule has 0 saturated carbocycles. The molecule has 1 unspecified atom stereocenters. The number of nitrogens with zero attached hydrogens (tertiary/aromatic N) is 3. The lowest BCUT2D eigenvalue weighted by atomic mass is 10.0. The van der Waals surface area contributed by atoms with Crippen molar-refractivity contribution < 1.29 is 9.59 Å². The van der Waals surface area contributed by atoms with Crippen molar-refractivity contribution in [3.05, 3.63) is 95.6 Å². The molecule has 4 rings (SSSR count). The second-order valence-electron chi connectivity index (χ2n) is 8.37. The van der Waals surface area contributed by atoms with Gasteiger partial charge < -0.3 is 10.2 Å². The lowest BCUT2D eigenvalue weighted by Crippen LogP contribution is -2.45. The summed E-state index contributed by atoms with van der Waals surface area (Å²) in [7, 11) is 3.97. The third kappa shape index (κ3) is 6.10. The van der Waals surface area contributed by atoms with Gasteiger partial charge in [0.1, 0.15) is 11.0 Å². The monoisotopic (exact) mass is 485 g/mol. The second-order valence-corrected chi connectivity index (χ2v) is 9.35. The number of anilines is 2. The van der Waals surface area contributed by atoms with Crippen LogP contribution < -0.4 is 15.5 Å². The number of carbonyl (C=O) groups excluding carboxylic acids is 2. The molecule has 1 atom stereocenters. The topological polar surface area (TPSA) is 87.2 Å². The summed E-state index contributed by atoms with van der Waals surface area (Å²) < 4.78 is 0. The van der Waals surface area contributed by atoms with Crippen molar-refractivity contribution in [2.45, 2.75) is 19.4 Å². The predicted molar refractivity (Wildman–Crippen MR) is 141 cm³/mol. The Kier molecular flexibility index (Phi) is 7.52. The number of amides is 2. The summed E-state index contributed by atoms with van der Waals surface area (Å²) in [6.45, 7) is 1.87. The molecular weight excluding hydrogens is 458 g/mol. The van der Waals surface area contributed by atoms with E-state index >= 15 is 0 Å². The van der Waals surface area contributed by atoms with Gasteiger partial charge in [-0.25, -0.2) is 0 Å². The molecule has 0 aliphatic heterocycles. The normalized spacial score (nSPS) is 11.5. The highest BCUT2D eigenvalue weighted by molar-refractivity contribution is 7.18. The van der Waals surface area contributed by atoms with Crippen LogP contribution >= 0.6 is 11.3 Å². The maximum Gasteiger partial charge on any atom is 0.252 e. The van der Waals surface area contributed by atoms with Gasteiger partial charge >= 0.3 is 0 Å². The number of benzene rings is 3. The Morgan fingerprint density at radius 2 is 1.60 bits per heavy atom. The molecule has 7 nitrogen and oxygen atoms in total. The van der Waals surface area contributed by atoms with E-state index in [1.165, 1.54) is 11.3 Å². The number of nitrogens with one attached hydrogen (secondary N) is 2. The van der Waals surface area contributed by atoms with Gasteiger partial charge in [-0.15, -0.1) is 10.2 Å². The number of hydrogen-bond acceptors (Lipinski definition) is 6. The zero-order chi connectivity index (χ0) is 24.8. The molecule has 0 radical (unpaired) electrons. The van der Waals surface area contributed by atoms with Crippen LogP contribution in [0.25, 0.3) is 10.6 Å². The molecule has 2 N–H and O–H groups in total. The molecule has 0 spiro atoms. The second kappa shape index (κ2) is 10.9. The van der Waals surface area contributed by atoms with Crippen molar-refractivity contribution >= 4 is 34.0 Å². The van der Waals surface area contributed by atoms with E-state index in [2.05, 4.69) is 20.8 Å². The summed E-state index contributed by atoms with van der Waals surface area (Å²) >= 11 is 1.29. The molecule has 0 bridgehead atoms. The Bertz CT molecular complexity index is 1300. The molecule has 0 saturated heterocycles. The first-order chi connectivity index (χ1) is 16.9. The van der Waals surface area contributed by atoms with E-state index < -0.39 is 6.04 Å². The van der Waals surface area contributed by atoms with Crippen molar-refractivity contribution in [2.75, 3.05) is 24.3 Å². The van der Waals surface area contributed by atoms with E-state index in [4.69, 9.17) is 0 Å². The van der Waals surface area contributed by atoms with Gasteiger partial charge in [-0.05, 0) is 48.4 Å². The van der Waals surface area contributed by atoms with Crippen molar-refractivity contribution in [3.63, 3.8) is 0 Å². The van der Waals surface area contributed by atoms with Crippen LogP contribution in [-0.4, -0.2) is 42.1 Å².